The second-order valence-corrected chi connectivity index (χ2v) is 5.12. The average Bonchev–Trinajstić information content (AvgIpc) is 2.57. The highest BCUT2D eigenvalue weighted by atomic mass is 16.3. The molecule has 2 atom stereocenters. The van der Waals surface area contributed by atoms with Gasteiger partial charge in [-0.3, -0.25) is 9.59 Å². The summed E-state index contributed by atoms with van der Waals surface area (Å²) in [6.45, 7) is 4.46. The molecule has 6 nitrogen and oxygen atoms in total. The van der Waals surface area contributed by atoms with Gasteiger partial charge in [-0.25, -0.2) is 4.98 Å². The van der Waals surface area contributed by atoms with Gasteiger partial charge in [0.15, 0.2) is 0 Å². The number of carbonyl (C=O) groups excluding carboxylic acids is 1. The van der Waals surface area contributed by atoms with Crippen LogP contribution in [-0.2, 0) is 11.2 Å². The fourth-order valence-corrected chi connectivity index (χ4v) is 2.10. The van der Waals surface area contributed by atoms with Crippen LogP contribution in [0.3, 0.4) is 0 Å². The van der Waals surface area contributed by atoms with E-state index >= 15 is 0 Å². The van der Waals surface area contributed by atoms with E-state index in [0.717, 1.165) is 0 Å². The van der Waals surface area contributed by atoms with Gasteiger partial charge in [0.1, 0.15) is 0 Å². The Hall–Kier alpha value is -1.69. The molecule has 6 heteroatoms. The van der Waals surface area contributed by atoms with Crippen molar-refractivity contribution in [3.63, 3.8) is 0 Å². The number of amides is 1. The van der Waals surface area contributed by atoms with Crippen LogP contribution in [0.1, 0.15) is 19.4 Å². The van der Waals surface area contributed by atoms with E-state index in [4.69, 9.17) is 0 Å². The zero-order valence-corrected chi connectivity index (χ0v) is 10.5. The minimum Gasteiger partial charge on any atom is -0.388 e. The van der Waals surface area contributed by atoms with Crippen molar-refractivity contribution in [3.8, 4) is 0 Å². The minimum absolute atomic E-state index is 0.0198. The molecular weight excluding hydrogens is 234 g/mol. The molecule has 1 saturated heterocycles. The van der Waals surface area contributed by atoms with Crippen LogP contribution in [0, 0.1) is 5.92 Å². The molecule has 0 saturated carbocycles. The van der Waals surface area contributed by atoms with Gasteiger partial charge in [0.2, 0.25) is 5.91 Å². The fraction of sp³-hybridized carbons (Fsp3) is 0.583. The second-order valence-electron chi connectivity index (χ2n) is 5.12. The minimum atomic E-state index is -0.850. The number of aromatic amines is 1. The van der Waals surface area contributed by atoms with Crippen molar-refractivity contribution in [1.82, 2.24) is 14.9 Å². The Labute approximate surface area is 105 Å². The third kappa shape index (κ3) is 2.43. The Morgan fingerprint density at radius 3 is 3.00 bits per heavy atom. The predicted molar refractivity (Wildman–Crippen MR) is 64.9 cm³/mol. The lowest BCUT2D eigenvalue weighted by Crippen LogP contribution is -2.36. The van der Waals surface area contributed by atoms with Crippen LogP contribution in [0.25, 0.3) is 0 Å². The Bertz CT molecular complexity index is 509. The maximum Gasteiger partial charge on any atom is 0.254 e. The molecule has 0 radical (unpaired) electrons. The van der Waals surface area contributed by atoms with E-state index in [1.807, 2.05) is 6.92 Å². The molecule has 1 aromatic rings. The molecule has 2 rings (SSSR count). The van der Waals surface area contributed by atoms with Gasteiger partial charge in [-0.15, -0.1) is 0 Å². The van der Waals surface area contributed by atoms with Crippen molar-refractivity contribution < 1.29 is 9.90 Å². The fourth-order valence-electron chi connectivity index (χ4n) is 2.10. The van der Waals surface area contributed by atoms with Crippen molar-refractivity contribution in [2.45, 2.75) is 25.9 Å². The van der Waals surface area contributed by atoms with Gasteiger partial charge in [-0.2, -0.15) is 0 Å². The van der Waals surface area contributed by atoms with Crippen LogP contribution in [-0.4, -0.2) is 44.6 Å². The smallest absolute Gasteiger partial charge is 0.254 e. The van der Waals surface area contributed by atoms with Gasteiger partial charge in [-0.1, -0.05) is 6.92 Å². The lowest BCUT2D eigenvalue weighted by molar-refractivity contribution is -0.130. The number of aliphatic hydroxyl groups is 1. The lowest BCUT2D eigenvalue weighted by Gasteiger charge is -2.20. The van der Waals surface area contributed by atoms with Crippen LogP contribution < -0.4 is 5.56 Å². The summed E-state index contributed by atoms with van der Waals surface area (Å²) in [4.78, 5) is 31.3. The predicted octanol–water partition coefficient (Wildman–Crippen LogP) is -0.458. The molecule has 98 valence electrons. The third-order valence-corrected chi connectivity index (χ3v) is 3.55. The number of H-pyrrole nitrogens is 1. The summed E-state index contributed by atoms with van der Waals surface area (Å²) in [5.41, 5.74) is -0.796. The molecule has 0 aliphatic carbocycles. The normalized spacial score (nSPS) is 27.5. The van der Waals surface area contributed by atoms with Crippen LogP contribution in [0.5, 0.6) is 0 Å². The highest BCUT2D eigenvalue weighted by Gasteiger charge is 2.40. The number of carbonyl (C=O) groups is 1. The second kappa shape index (κ2) is 4.53. The van der Waals surface area contributed by atoms with Gasteiger partial charge in [0.05, 0.1) is 18.3 Å². The number of nitrogens with one attached hydrogen (secondary N) is 1. The first-order chi connectivity index (χ1) is 8.40. The lowest BCUT2D eigenvalue weighted by atomic mass is 9.95. The summed E-state index contributed by atoms with van der Waals surface area (Å²) < 4.78 is 0. The highest BCUT2D eigenvalue weighted by Crippen LogP contribution is 2.26. The first-order valence-corrected chi connectivity index (χ1v) is 5.92. The summed E-state index contributed by atoms with van der Waals surface area (Å²) in [7, 11) is 0. The van der Waals surface area contributed by atoms with Gasteiger partial charge in [0.25, 0.3) is 5.56 Å². The van der Waals surface area contributed by atoms with E-state index in [1.165, 1.54) is 12.5 Å². The molecule has 1 aromatic heterocycles. The number of aromatic nitrogens is 2. The molecule has 2 N–H and O–H groups in total. The summed E-state index contributed by atoms with van der Waals surface area (Å²) in [6, 6.07) is 0. The topological polar surface area (TPSA) is 86.3 Å². The molecule has 0 spiro atoms. The number of rotatable bonds is 2. The first-order valence-electron chi connectivity index (χ1n) is 5.92. The van der Waals surface area contributed by atoms with E-state index in [-0.39, 0.29) is 23.8 Å². The quantitative estimate of drug-likeness (QED) is 0.745. The monoisotopic (exact) mass is 251 g/mol. The summed E-state index contributed by atoms with van der Waals surface area (Å²) >= 11 is 0. The molecule has 2 unspecified atom stereocenters. The maximum absolute atomic E-state index is 12.0. The van der Waals surface area contributed by atoms with E-state index in [0.29, 0.717) is 18.7 Å². The van der Waals surface area contributed by atoms with E-state index in [2.05, 4.69) is 9.97 Å². The molecule has 0 aromatic carbocycles. The van der Waals surface area contributed by atoms with Gasteiger partial charge in [0, 0.05) is 30.8 Å². The summed E-state index contributed by atoms with van der Waals surface area (Å²) in [5, 5.41) is 10.0. The van der Waals surface area contributed by atoms with Crippen LogP contribution >= 0.6 is 0 Å². The van der Waals surface area contributed by atoms with Crippen molar-refractivity contribution >= 4 is 5.91 Å². The van der Waals surface area contributed by atoms with E-state index < -0.39 is 5.60 Å². The molecule has 18 heavy (non-hydrogen) atoms. The largest absolute Gasteiger partial charge is 0.388 e. The van der Waals surface area contributed by atoms with Crippen LogP contribution in [0.2, 0.25) is 0 Å². The Kier molecular flexibility index (Phi) is 3.21. The Morgan fingerprint density at radius 2 is 2.44 bits per heavy atom. The highest BCUT2D eigenvalue weighted by molar-refractivity contribution is 5.79. The first kappa shape index (κ1) is 12.8. The van der Waals surface area contributed by atoms with Crippen molar-refractivity contribution in [2.24, 2.45) is 5.92 Å². The molecule has 1 aliphatic heterocycles. The Balaban J connectivity index is 2.07. The van der Waals surface area contributed by atoms with Crippen molar-refractivity contribution in [3.05, 3.63) is 28.4 Å². The summed E-state index contributed by atoms with van der Waals surface area (Å²) in [5.74, 6) is -0.119. The zero-order valence-electron chi connectivity index (χ0n) is 10.5. The number of hydrogen-bond acceptors (Lipinski definition) is 4. The standard InChI is InChI=1S/C12H17N3O3/c1-8-5-15(6-12(8,2)18)10(16)3-9-4-13-7-14-11(9)17/h4,7-8,18H,3,5-6H2,1-2H3,(H,13,14,17). The van der Waals surface area contributed by atoms with Crippen LogP contribution in [0.15, 0.2) is 17.3 Å². The SMILES string of the molecule is CC1CN(C(=O)Cc2cnc[nH]c2=O)CC1(C)O. The van der Waals surface area contributed by atoms with Crippen molar-refractivity contribution in [1.29, 1.82) is 0 Å². The molecule has 2 heterocycles. The van der Waals surface area contributed by atoms with Gasteiger partial charge >= 0.3 is 0 Å². The van der Waals surface area contributed by atoms with E-state index in [1.54, 1.807) is 11.8 Å². The van der Waals surface area contributed by atoms with Crippen molar-refractivity contribution in [2.75, 3.05) is 13.1 Å². The number of likely N-dealkylation sites (tertiary alicyclic amines) is 1. The summed E-state index contributed by atoms with van der Waals surface area (Å²) in [6.07, 6.45) is 2.71. The molecular formula is C12H17N3O3. The molecule has 1 fully saturated rings. The van der Waals surface area contributed by atoms with E-state index in [9.17, 15) is 14.7 Å². The Morgan fingerprint density at radius 1 is 1.72 bits per heavy atom. The molecule has 1 amide bonds. The third-order valence-electron chi connectivity index (χ3n) is 3.55. The van der Waals surface area contributed by atoms with Gasteiger partial charge < -0.3 is 15.0 Å². The zero-order chi connectivity index (χ0) is 13.3. The number of nitrogens with zero attached hydrogens (tertiary/aromatic N) is 2. The number of β-amino-alcohol motifs (C(OH)–C–C–N with tert-alkyl or cyclic N) is 1. The number of hydrogen-bond donors (Lipinski definition) is 2. The molecule has 1 aliphatic rings. The van der Waals surface area contributed by atoms with Gasteiger partial charge in [-0.05, 0) is 6.92 Å². The maximum atomic E-state index is 12.0. The molecule has 0 bridgehead atoms. The van der Waals surface area contributed by atoms with Crippen LogP contribution in [0.4, 0.5) is 0 Å². The average molecular weight is 251 g/mol.